The molecule has 0 unspecified atom stereocenters. The van der Waals surface area contributed by atoms with Crippen molar-refractivity contribution in [3.05, 3.63) is 71.1 Å². The number of halogens is 3. The summed E-state index contributed by atoms with van der Waals surface area (Å²) in [5, 5.41) is 18.8. The second-order valence-corrected chi connectivity index (χ2v) is 7.18. The van der Waals surface area contributed by atoms with Crippen molar-refractivity contribution in [1.82, 2.24) is 10.2 Å². The second-order valence-electron chi connectivity index (χ2n) is 7.18. The molecule has 0 atom stereocenters. The van der Waals surface area contributed by atoms with E-state index in [1.54, 1.807) is 0 Å². The highest BCUT2D eigenvalue weighted by atomic mass is 19.4. The lowest BCUT2D eigenvalue weighted by molar-refractivity contribution is -0.137. The number of aliphatic hydroxyl groups is 1. The number of benzene rings is 2. The molecular formula is C21H19F3N2O2. The van der Waals surface area contributed by atoms with Crippen molar-refractivity contribution in [2.75, 3.05) is 0 Å². The Morgan fingerprint density at radius 1 is 0.964 bits per heavy atom. The van der Waals surface area contributed by atoms with Gasteiger partial charge in [0.05, 0.1) is 5.56 Å². The first-order valence-electron chi connectivity index (χ1n) is 9.16. The fourth-order valence-electron chi connectivity index (χ4n) is 3.61. The third kappa shape index (κ3) is 3.67. The summed E-state index contributed by atoms with van der Waals surface area (Å²) in [6, 6.07) is 12.5. The summed E-state index contributed by atoms with van der Waals surface area (Å²) in [7, 11) is 0. The predicted octanol–water partition coefficient (Wildman–Crippen LogP) is 5.11. The molecule has 1 saturated carbocycles. The molecule has 0 saturated heterocycles. The van der Waals surface area contributed by atoms with E-state index in [4.69, 9.17) is 4.42 Å². The van der Waals surface area contributed by atoms with E-state index in [1.165, 1.54) is 12.1 Å². The summed E-state index contributed by atoms with van der Waals surface area (Å²) < 4.78 is 44.0. The molecule has 0 aliphatic heterocycles. The van der Waals surface area contributed by atoms with Crippen LogP contribution >= 0.6 is 0 Å². The smallest absolute Gasteiger partial charge is 0.416 e. The van der Waals surface area contributed by atoms with Gasteiger partial charge in [0.2, 0.25) is 11.8 Å². The molecule has 2 aromatic carbocycles. The highest BCUT2D eigenvalue weighted by molar-refractivity contribution is 5.59. The predicted molar refractivity (Wildman–Crippen MR) is 96.3 cm³/mol. The summed E-state index contributed by atoms with van der Waals surface area (Å²) in [6.07, 6.45) is -0.894. The minimum absolute atomic E-state index is 0.226. The zero-order valence-corrected chi connectivity index (χ0v) is 15.0. The maximum atomic E-state index is 12.7. The Morgan fingerprint density at radius 2 is 1.64 bits per heavy atom. The van der Waals surface area contributed by atoms with Crippen LogP contribution in [-0.4, -0.2) is 15.3 Å². The Morgan fingerprint density at radius 3 is 2.32 bits per heavy atom. The summed E-state index contributed by atoms with van der Waals surface area (Å²) in [5.74, 6) is 0.530. The van der Waals surface area contributed by atoms with E-state index in [1.807, 2.05) is 24.3 Å². The Bertz CT molecular complexity index is 958. The van der Waals surface area contributed by atoms with Crippen LogP contribution in [0.15, 0.2) is 52.9 Å². The van der Waals surface area contributed by atoms with Crippen molar-refractivity contribution in [3.63, 3.8) is 0 Å². The van der Waals surface area contributed by atoms with Gasteiger partial charge in [0.15, 0.2) is 0 Å². The molecule has 4 rings (SSSR count). The Hall–Kier alpha value is -2.67. The molecule has 0 amide bonds. The molecule has 1 heterocycles. The van der Waals surface area contributed by atoms with Crippen molar-refractivity contribution < 1.29 is 22.7 Å². The van der Waals surface area contributed by atoms with Crippen molar-refractivity contribution in [3.8, 4) is 11.5 Å². The lowest BCUT2D eigenvalue weighted by atomic mass is 9.99. The Balaban J connectivity index is 1.60. The summed E-state index contributed by atoms with van der Waals surface area (Å²) in [6.45, 7) is 0. The molecule has 4 nitrogen and oxygen atoms in total. The number of rotatable bonds is 4. The number of hydrogen-bond acceptors (Lipinski definition) is 4. The van der Waals surface area contributed by atoms with E-state index >= 15 is 0 Å². The van der Waals surface area contributed by atoms with Crippen molar-refractivity contribution in [2.24, 2.45) is 0 Å². The van der Waals surface area contributed by atoms with Gasteiger partial charge >= 0.3 is 6.18 Å². The third-order valence-electron chi connectivity index (χ3n) is 5.18. The molecular weight excluding hydrogens is 369 g/mol. The molecule has 7 heteroatoms. The maximum Gasteiger partial charge on any atom is 0.416 e. The molecule has 146 valence electrons. The van der Waals surface area contributed by atoms with Crippen LogP contribution < -0.4 is 0 Å². The van der Waals surface area contributed by atoms with Gasteiger partial charge in [-0.2, -0.15) is 13.2 Å². The molecule has 1 aliphatic rings. The monoisotopic (exact) mass is 388 g/mol. The zero-order valence-electron chi connectivity index (χ0n) is 15.0. The average molecular weight is 388 g/mol. The zero-order chi connectivity index (χ0) is 19.8. The van der Waals surface area contributed by atoms with Gasteiger partial charge < -0.3 is 9.52 Å². The largest absolute Gasteiger partial charge is 0.418 e. The van der Waals surface area contributed by atoms with Gasteiger partial charge in [-0.3, -0.25) is 0 Å². The first kappa shape index (κ1) is 18.7. The molecule has 1 aromatic heterocycles. The Kier molecular flexibility index (Phi) is 4.71. The molecule has 1 fully saturated rings. The number of hydrogen-bond donors (Lipinski definition) is 1. The summed E-state index contributed by atoms with van der Waals surface area (Å²) in [4.78, 5) is 0. The van der Waals surface area contributed by atoms with Gasteiger partial charge in [0.1, 0.15) is 5.60 Å². The third-order valence-corrected chi connectivity index (χ3v) is 5.18. The van der Waals surface area contributed by atoms with Crippen LogP contribution in [0.4, 0.5) is 13.2 Å². The van der Waals surface area contributed by atoms with Crippen molar-refractivity contribution in [2.45, 2.75) is 43.9 Å². The van der Waals surface area contributed by atoms with Crippen LogP contribution in [0.25, 0.3) is 11.5 Å². The Labute approximate surface area is 160 Å². The highest BCUT2D eigenvalue weighted by Crippen LogP contribution is 2.39. The van der Waals surface area contributed by atoms with Crippen molar-refractivity contribution >= 4 is 0 Å². The number of alkyl halides is 3. The van der Waals surface area contributed by atoms with Gasteiger partial charge in [-0.1, -0.05) is 30.3 Å². The van der Waals surface area contributed by atoms with Crippen LogP contribution in [0.5, 0.6) is 0 Å². The fourth-order valence-corrected chi connectivity index (χ4v) is 3.61. The quantitative estimate of drug-likeness (QED) is 0.675. The molecule has 28 heavy (non-hydrogen) atoms. The normalized spacial score (nSPS) is 16.4. The lowest BCUT2D eigenvalue weighted by Crippen LogP contribution is -2.21. The van der Waals surface area contributed by atoms with E-state index in [0.29, 0.717) is 30.7 Å². The van der Waals surface area contributed by atoms with Crippen LogP contribution in [0.2, 0.25) is 0 Å². The summed E-state index contributed by atoms with van der Waals surface area (Å²) >= 11 is 0. The molecule has 0 radical (unpaired) electrons. The van der Waals surface area contributed by atoms with Crippen LogP contribution in [0, 0.1) is 0 Å². The van der Waals surface area contributed by atoms with Gasteiger partial charge in [-0.25, -0.2) is 0 Å². The minimum atomic E-state index is -4.35. The highest BCUT2D eigenvalue weighted by Gasteiger charge is 2.38. The topological polar surface area (TPSA) is 59.2 Å². The van der Waals surface area contributed by atoms with Crippen molar-refractivity contribution in [1.29, 1.82) is 0 Å². The van der Waals surface area contributed by atoms with Crippen LogP contribution in [-0.2, 0) is 18.2 Å². The maximum absolute atomic E-state index is 12.7. The SMILES string of the molecule is OC1(c2nnc(-c3ccccc3Cc3ccc(C(F)(F)F)cc3)o2)CCCC1. The van der Waals surface area contributed by atoms with E-state index in [9.17, 15) is 18.3 Å². The van der Waals surface area contributed by atoms with Crippen LogP contribution in [0.1, 0.15) is 48.3 Å². The van der Waals surface area contributed by atoms with E-state index in [-0.39, 0.29) is 5.89 Å². The molecule has 0 spiro atoms. The molecule has 1 N–H and O–H groups in total. The van der Waals surface area contributed by atoms with E-state index in [0.717, 1.165) is 36.1 Å². The summed E-state index contributed by atoms with van der Waals surface area (Å²) in [5.41, 5.74) is 0.581. The molecule has 3 aromatic rings. The van der Waals surface area contributed by atoms with Gasteiger partial charge in [-0.05, 0) is 61.4 Å². The van der Waals surface area contributed by atoms with Crippen LogP contribution in [0.3, 0.4) is 0 Å². The second kappa shape index (κ2) is 7.05. The van der Waals surface area contributed by atoms with Gasteiger partial charge in [0.25, 0.3) is 0 Å². The van der Waals surface area contributed by atoms with E-state index < -0.39 is 17.3 Å². The lowest BCUT2D eigenvalue weighted by Gasteiger charge is -2.16. The fraction of sp³-hybridized carbons (Fsp3) is 0.333. The van der Waals surface area contributed by atoms with Gasteiger partial charge in [-0.15, -0.1) is 10.2 Å². The van der Waals surface area contributed by atoms with E-state index in [2.05, 4.69) is 10.2 Å². The standard InChI is InChI=1S/C21H19F3N2O2/c22-21(23,24)16-9-7-14(8-10-16)13-15-5-1-2-6-17(15)18-25-26-19(28-18)20(27)11-3-4-12-20/h1-2,5-10,27H,3-4,11-13H2. The minimum Gasteiger partial charge on any atom is -0.418 e. The molecule has 1 aliphatic carbocycles. The number of nitrogens with zero attached hydrogens (tertiary/aromatic N) is 2. The first-order chi connectivity index (χ1) is 13.4. The van der Waals surface area contributed by atoms with Gasteiger partial charge in [0, 0.05) is 5.56 Å². The first-order valence-corrected chi connectivity index (χ1v) is 9.16. The molecule has 0 bridgehead atoms. The number of aromatic nitrogens is 2. The average Bonchev–Trinajstić information content (AvgIpc) is 3.32.